The van der Waals surface area contributed by atoms with Crippen LogP contribution in [0.2, 0.25) is 0 Å². The van der Waals surface area contributed by atoms with Crippen molar-refractivity contribution in [3.05, 3.63) is 34.1 Å². The fourth-order valence-corrected chi connectivity index (χ4v) is 1.91. The molecule has 16 heavy (non-hydrogen) atoms. The molecule has 0 spiro atoms. The van der Waals surface area contributed by atoms with Gasteiger partial charge in [-0.1, -0.05) is 22.0 Å². The summed E-state index contributed by atoms with van der Waals surface area (Å²) in [4.78, 5) is 0. The Labute approximate surface area is 105 Å². The molecule has 1 rings (SSSR count). The fourth-order valence-electron chi connectivity index (χ4n) is 1.58. The third-order valence-electron chi connectivity index (χ3n) is 2.42. The number of halogens is 2. The van der Waals surface area contributed by atoms with Crippen LogP contribution in [0.15, 0.2) is 22.7 Å². The maximum Gasteiger partial charge on any atom is 0.129 e. The van der Waals surface area contributed by atoms with E-state index in [2.05, 4.69) is 33.1 Å². The lowest BCUT2D eigenvalue weighted by Gasteiger charge is -2.16. The van der Waals surface area contributed by atoms with Crippen molar-refractivity contribution in [1.29, 1.82) is 0 Å². The van der Waals surface area contributed by atoms with Crippen molar-refractivity contribution in [3.8, 4) is 11.8 Å². The summed E-state index contributed by atoms with van der Waals surface area (Å²) in [5, 5.41) is 3.11. The largest absolute Gasteiger partial charge is 0.313 e. The van der Waals surface area contributed by atoms with E-state index in [1.807, 2.05) is 20.0 Å². The zero-order chi connectivity index (χ0) is 12.0. The van der Waals surface area contributed by atoms with E-state index in [0.29, 0.717) is 5.56 Å². The average molecular weight is 284 g/mol. The zero-order valence-corrected chi connectivity index (χ0v) is 11.1. The highest BCUT2D eigenvalue weighted by molar-refractivity contribution is 9.10. The molecule has 1 N–H and O–H groups in total. The molecule has 1 nitrogen and oxygen atoms in total. The summed E-state index contributed by atoms with van der Waals surface area (Å²) in [7, 11) is 1.84. The minimum absolute atomic E-state index is 0.0222. The van der Waals surface area contributed by atoms with Crippen molar-refractivity contribution in [2.45, 2.75) is 25.8 Å². The summed E-state index contributed by atoms with van der Waals surface area (Å²) in [6, 6.07) is 5.17. The second-order valence-electron chi connectivity index (χ2n) is 3.47. The molecule has 0 saturated carbocycles. The van der Waals surface area contributed by atoms with Gasteiger partial charge in [0.15, 0.2) is 0 Å². The van der Waals surface area contributed by atoms with Crippen molar-refractivity contribution in [2.75, 3.05) is 7.05 Å². The summed E-state index contributed by atoms with van der Waals surface area (Å²) in [5.41, 5.74) is 0.698. The highest BCUT2D eigenvalue weighted by Gasteiger charge is 2.13. The molecule has 0 saturated heterocycles. The first-order valence-corrected chi connectivity index (χ1v) is 6.00. The van der Waals surface area contributed by atoms with Crippen LogP contribution in [0.3, 0.4) is 0 Å². The van der Waals surface area contributed by atoms with Crippen LogP contribution in [-0.2, 0) is 0 Å². The predicted molar refractivity (Wildman–Crippen MR) is 68.6 cm³/mol. The van der Waals surface area contributed by atoms with Crippen LogP contribution < -0.4 is 5.32 Å². The highest BCUT2D eigenvalue weighted by atomic mass is 79.9. The van der Waals surface area contributed by atoms with Gasteiger partial charge in [-0.25, -0.2) is 4.39 Å². The lowest BCUT2D eigenvalue weighted by molar-refractivity contribution is 0.514. The van der Waals surface area contributed by atoms with E-state index in [0.717, 1.165) is 17.3 Å². The molecule has 0 aromatic heterocycles. The maximum absolute atomic E-state index is 13.7. The third-order valence-corrected chi connectivity index (χ3v) is 2.91. The van der Waals surface area contributed by atoms with Gasteiger partial charge in [0.2, 0.25) is 0 Å². The Balaban J connectivity index is 2.80. The molecule has 1 unspecified atom stereocenters. The van der Waals surface area contributed by atoms with Crippen LogP contribution in [0.4, 0.5) is 4.39 Å². The predicted octanol–water partition coefficient (Wildman–Crippen LogP) is 3.65. The van der Waals surface area contributed by atoms with Crippen molar-refractivity contribution < 1.29 is 4.39 Å². The van der Waals surface area contributed by atoms with Gasteiger partial charge in [0.25, 0.3) is 0 Å². The smallest absolute Gasteiger partial charge is 0.129 e. The fraction of sp³-hybridized carbons (Fsp3) is 0.385. The first kappa shape index (κ1) is 13.2. The summed E-state index contributed by atoms with van der Waals surface area (Å²) < 4.78 is 14.5. The van der Waals surface area contributed by atoms with Gasteiger partial charge in [0.05, 0.1) is 0 Å². The van der Waals surface area contributed by atoms with E-state index < -0.39 is 0 Å². The first-order chi connectivity index (χ1) is 7.69. The van der Waals surface area contributed by atoms with Crippen LogP contribution >= 0.6 is 15.9 Å². The standard InChI is InChI=1S/C13H15BrFN/c1-3-4-5-6-13(16-2)11-8-7-10(14)9-12(11)15/h7-9,13,16H,5-6H2,1-2H3. The molecule has 0 fully saturated rings. The van der Waals surface area contributed by atoms with Crippen LogP contribution in [-0.4, -0.2) is 7.05 Å². The molecule has 0 heterocycles. The van der Waals surface area contributed by atoms with E-state index in [1.54, 1.807) is 6.07 Å². The molecule has 0 aliphatic rings. The minimum Gasteiger partial charge on any atom is -0.313 e. The topological polar surface area (TPSA) is 12.0 Å². The van der Waals surface area contributed by atoms with Gasteiger partial charge < -0.3 is 5.32 Å². The molecule has 1 aromatic carbocycles. The van der Waals surface area contributed by atoms with Gasteiger partial charge in [-0.2, -0.15) is 0 Å². The van der Waals surface area contributed by atoms with Gasteiger partial charge in [0.1, 0.15) is 5.82 Å². The number of rotatable bonds is 4. The van der Waals surface area contributed by atoms with Crippen LogP contribution in [0, 0.1) is 17.7 Å². The Bertz CT molecular complexity index is 406. The van der Waals surface area contributed by atoms with Gasteiger partial charge in [-0.15, -0.1) is 11.8 Å². The lowest BCUT2D eigenvalue weighted by Crippen LogP contribution is -2.17. The van der Waals surface area contributed by atoms with Crippen molar-refractivity contribution in [2.24, 2.45) is 0 Å². The summed E-state index contributed by atoms with van der Waals surface area (Å²) in [6.07, 6.45) is 1.59. The summed E-state index contributed by atoms with van der Waals surface area (Å²) in [6.45, 7) is 1.81. The first-order valence-electron chi connectivity index (χ1n) is 5.21. The number of nitrogens with one attached hydrogen (secondary N) is 1. The van der Waals surface area contributed by atoms with E-state index in [9.17, 15) is 4.39 Å². The number of hydrogen-bond donors (Lipinski definition) is 1. The normalized spacial score (nSPS) is 11.8. The minimum atomic E-state index is -0.182. The molecule has 0 radical (unpaired) electrons. The average Bonchev–Trinajstić information content (AvgIpc) is 2.26. The molecule has 86 valence electrons. The molecular formula is C13H15BrFN. The maximum atomic E-state index is 13.7. The quantitative estimate of drug-likeness (QED) is 0.832. The summed E-state index contributed by atoms with van der Waals surface area (Å²) in [5.74, 6) is 5.65. The third kappa shape index (κ3) is 3.62. The number of benzene rings is 1. The summed E-state index contributed by atoms with van der Waals surface area (Å²) >= 11 is 3.25. The van der Waals surface area contributed by atoms with Gasteiger partial charge in [-0.05, 0) is 32.5 Å². The van der Waals surface area contributed by atoms with E-state index >= 15 is 0 Å². The Morgan fingerprint density at radius 2 is 2.25 bits per heavy atom. The molecule has 1 atom stereocenters. The second kappa shape index (κ2) is 6.67. The van der Waals surface area contributed by atoms with Gasteiger partial charge >= 0.3 is 0 Å². The van der Waals surface area contributed by atoms with Crippen LogP contribution in [0.1, 0.15) is 31.4 Å². The molecule has 0 bridgehead atoms. The molecular weight excluding hydrogens is 269 g/mol. The van der Waals surface area contributed by atoms with Crippen molar-refractivity contribution in [3.63, 3.8) is 0 Å². The Morgan fingerprint density at radius 1 is 1.50 bits per heavy atom. The molecule has 0 aliphatic carbocycles. The highest BCUT2D eigenvalue weighted by Crippen LogP contribution is 2.23. The molecule has 0 aliphatic heterocycles. The molecule has 1 aromatic rings. The SMILES string of the molecule is CC#CCCC(NC)c1ccc(Br)cc1F. The number of hydrogen-bond acceptors (Lipinski definition) is 1. The van der Waals surface area contributed by atoms with Gasteiger partial charge in [-0.3, -0.25) is 0 Å². The zero-order valence-electron chi connectivity index (χ0n) is 9.48. The molecule has 3 heteroatoms. The van der Waals surface area contributed by atoms with Crippen molar-refractivity contribution in [1.82, 2.24) is 5.32 Å². The van der Waals surface area contributed by atoms with Crippen LogP contribution in [0.5, 0.6) is 0 Å². The Kier molecular flexibility index (Phi) is 5.51. The van der Waals surface area contributed by atoms with E-state index in [4.69, 9.17) is 0 Å². The lowest BCUT2D eigenvalue weighted by atomic mass is 10.0. The second-order valence-corrected chi connectivity index (χ2v) is 4.39. The van der Waals surface area contributed by atoms with Crippen LogP contribution in [0.25, 0.3) is 0 Å². The Hall–Kier alpha value is -0.850. The van der Waals surface area contributed by atoms with E-state index in [-0.39, 0.29) is 11.9 Å². The van der Waals surface area contributed by atoms with Gasteiger partial charge in [0, 0.05) is 22.5 Å². The Morgan fingerprint density at radius 3 is 2.81 bits per heavy atom. The van der Waals surface area contributed by atoms with Crippen molar-refractivity contribution >= 4 is 15.9 Å². The monoisotopic (exact) mass is 283 g/mol. The van der Waals surface area contributed by atoms with E-state index in [1.165, 1.54) is 6.07 Å². The molecule has 0 amide bonds.